The predicted molar refractivity (Wildman–Crippen MR) is 63.3 cm³/mol. The summed E-state index contributed by atoms with van der Waals surface area (Å²) >= 11 is 5.81. The van der Waals surface area contributed by atoms with Crippen LogP contribution in [0.2, 0.25) is 5.02 Å². The minimum absolute atomic E-state index is 0.136. The number of methoxy groups -OCH3 is 1. The number of aliphatic carboxylic acids is 1. The highest BCUT2D eigenvalue weighted by Crippen LogP contribution is 2.19. The van der Waals surface area contributed by atoms with E-state index in [0.29, 0.717) is 10.7 Å². The lowest BCUT2D eigenvalue weighted by Gasteiger charge is -2.21. The SMILES string of the molecule is COC(=O)CN(CC(=O)O)c1cccc(Cl)c1. The van der Waals surface area contributed by atoms with Gasteiger partial charge in [0, 0.05) is 10.7 Å². The first kappa shape index (κ1) is 13.3. The van der Waals surface area contributed by atoms with Gasteiger partial charge in [-0.3, -0.25) is 9.59 Å². The average Bonchev–Trinajstić information content (AvgIpc) is 2.27. The number of halogens is 1. The van der Waals surface area contributed by atoms with Crippen molar-refractivity contribution in [2.45, 2.75) is 0 Å². The van der Waals surface area contributed by atoms with Crippen molar-refractivity contribution >= 4 is 29.2 Å². The number of hydrogen-bond donors (Lipinski definition) is 1. The van der Waals surface area contributed by atoms with Gasteiger partial charge in [-0.1, -0.05) is 17.7 Å². The molecule has 5 nitrogen and oxygen atoms in total. The zero-order valence-electron chi connectivity index (χ0n) is 9.22. The van der Waals surface area contributed by atoms with Crippen molar-refractivity contribution < 1.29 is 19.4 Å². The minimum Gasteiger partial charge on any atom is -0.480 e. The van der Waals surface area contributed by atoms with E-state index in [4.69, 9.17) is 16.7 Å². The molecule has 17 heavy (non-hydrogen) atoms. The van der Waals surface area contributed by atoms with E-state index >= 15 is 0 Å². The molecule has 0 aliphatic rings. The van der Waals surface area contributed by atoms with Crippen LogP contribution in [0.25, 0.3) is 0 Å². The van der Waals surface area contributed by atoms with E-state index in [1.54, 1.807) is 24.3 Å². The molecule has 0 aromatic heterocycles. The number of carboxylic acids is 1. The molecule has 0 bridgehead atoms. The third kappa shape index (κ3) is 4.32. The summed E-state index contributed by atoms with van der Waals surface area (Å²) in [5.74, 6) is -1.54. The first-order valence-corrected chi connectivity index (χ1v) is 5.20. The van der Waals surface area contributed by atoms with Gasteiger partial charge in [0.25, 0.3) is 0 Å². The Bertz CT molecular complexity index is 422. The molecule has 0 radical (unpaired) electrons. The Morgan fingerprint density at radius 3 is 2.65 bits per heavy atom. The van der Waals surface area contributed by atoms with Gasteiger partial charge < -0.3 is 14.7 Å². The van der Waals surface area contributed by atoms with E-state index in [-0.39, 0.29) is 13.1 Å². The Kier molecular flexibility index (Phi) is 4.78. The lowest BCUT2D eigenvalue weighted by atomic mass is 10.3. The molecule has 0 heterocycles. The van der Waals surface area contributed by atoms with E-state index in [0.717, 1.165) is 0 Å². The molecule has 0 aliphatic carbocycles. The van der Waals surface area contributed by atoms with Crippen molar-refractivity contribution in [3.05, 3.63) is 29.3 Å². The zero-order valence-corrected chi connectivity index (χ0v) is 9.98. The summed E-state index contributed by atoms with van der Waals surface area (Å²) in [6, 6.07) is 6.62. The number of nitrogens with zero attached hydrogens (tertiary/aromatic N) is 1. The number of benzene rings is 1. The highest BCUT2D eigenvalue weighted by molar-refractivity contribution is 6.30. The van der Waals surface area contributed by atoms with E-state index in [2.05, 4.69) is 4.74 Å². The molecular weight excluding hydrogens is 246 g/mol. The van der Waals surface area contributed by atoms with Gasteiger partial charge in [-0.2, -0.15) is 0 Å². The van der Waals surface area contributed by atoms with Gasteiger partial charge in [0.15, 0.2) is 0 Å². The van der Waals surface area contributed by atoms with Crippen molar-refractivity contribution in [1.29, 1.82) is 0 Å². The largest absolute Gasteiger partial charge is 0.480 e. The molecule has 0 unspecified atom stereocenters. The monoisotopic (exact) mass is 257 g/mol. The molecule has 0 saturated heterocycles. The first-order chi connectivity index (χ1) is 8.02. The number of hydrogen-bond acceptors (Lipinski definition) is 4. The first-order valence-electron chi connectivity index (χ1n) is 4.82. The fourth-order valence-electron chi connectivity index (χ4n) is 1.29. The summed E-state index contributed by atoms with van der Waals surface area (Å²) in [6.45, 7) is -0.432. The van der Waals surface area contributed by atoms with Crippen molar-refractivity contribution in [3.63, 3.8) is 0 Å². The topological polar surface area (TPSA) is 66.8 Å². The van der Waals surface area contributed by atoms with Gasteiger partial charge in [0.05, 0.1) is 7.11 Å². The number of ether oxygens (including phenoxy) is 1. The fourth-order valence-corrected chi connectivity index (χ4v) is 1.48. The maximum Gasteiger partial charge on any atom is 0.325 e. The molecule has 1 rings (SSSR count). The van der Waals surface area contributed by atoms with Gasteiger partial charge in [-0.25, -0.2) is 0 Å². The molecule has 0 fully saturated rings. The Balaban J connectivity index is 2.89. The second kappa shape index (κ2) is 6.10. The average molecular weight is 258 g/mol. The fraction of sp³-hybridized carbons (Fsp3) is 0.273. The number of carbonyl (C=O) groups is 2. The van der Waals surface area contributed by atoms with Gasteiger partial charge in [0.1, 0.15) is 13.1 Å². The van der Waals surface area contributed by atoms with E-state index in [9.17, 15) is 9.59 Å². The Morgan fingerprint density at radius 2 is 2.12 bits per heavy atom. The molecule has 1 aromatic rings. The maximum atomic E-state index is 11.2. The zero-order chi connectivity index (χ0) is 12.8. The smallest absolute Gasteiger partial charge is 0.325 e. The highest BCUT2D eigenvalue weighted by Gasteiger charge is 2.15. The van der Waals surface area contributed by atoms with Gasteiger partial charge in [-0.15, -0.1) is 0 Å². The number of carboxylic acid groups (broad SMARTS) is 1. The molecule has 6 heteroatoms. The van der Waals surface area contributed by atoms with Crippen LogP contribution in [0.4, 0.5) is 5.69 Å². The van der Waals surface area contributed by atoms with Crippen LogP contribution >= 0.6 is 11.6 Å². The van der Waals surface area contributed by atoms with Crippen LogP contribution in [-0.4, -0.2) is 37.2 Å². The third-order valence-corrected chi connectivity index (χ3v) is 2.28. The molecule has 0 saturated carbocycles. The second-order valence-electron chi connectivity index (χ2n) is 3.31. The summed E-state index contributed by atoms with van der Waals surface area (Å²) < 4.78 is 4.51. The van der Waals surface area contributed by atoms with Crippen LogP contribution in [0.5, 0.6) is 0 Å². The second-order valence-corrected chi connectivity index (χ2v) is 3.74. The number of rotatable bonds is 5. The number of anilines is 1. The third-order valence-electron chi connectivity index (χ3n) is 2.05. The molecule has 0 atom stereocenters. The van der Waals surface area contributed by atoms with Crippen LogP contribution in [0, 0.1) is 0 Å². The molecule has 92 valence electrons. The molecule has 0 aliphatic heterocycles. The summed E-state index contributed by atoms with van der Waals surface area (Å²) in [4.78, 5) is 23.3. The van der Waals surface area contributed by atoms with E-state index in [1.165, 1.54) is 12.0 Å². The summed E-state index contributed by atoms with van der Waals surface area (Å²) in [5, 5.41) is 9.25. The lowest BCUT2D eigenvalue weighted by Crippen LogP contribution is -2.35. The molecule has 0 spiro atoms. The minimum atomic E-state index is -1.03. The highest BCUT2D eigenvalue weighted by atomic mass is 35.5. The van der Waals surface area contributed by atoms with Crippen LogP contribution in [0.3, 0.4) is 0 Å². The van der Waals surface area contributed by atoms with Crippen molar-refractivity contribution in [2.75, 3.05) is 25.1 Å². The van der Waals surface area contributed by atoms with Crippen LogP contribution in [0.15, 0.2) is 24.3 Å². The summed E-state index contributed by atoms with van der Waals surface area (Å²) in [7, 11) is 1.25. The summed E-state index contributed by atoms with van der Waals surface area (Å²) in [5.41, 5.74) is 0.560. The summed E-state index contributed by atoms with van der Waals surface area (Å²) in [6.07, 6.45) is 0. The Hall–Kier alpha value is -1.75. The van der Waals surface area contributed by atoms with Crippen molar-refractivity contribution in [2.24, 2.45) is 0 Å². The number of carbonyl (C=O) groups excluding carboxylic acids is 1. The molecule has 1 aromatic carbocycles. The van der Waals surface area contributed by atoms with Gasteiger partial charge in [-0.05, 0) is 18.2 Å². The quantitative estimate of drug-likeness (QED) is 0.808. The van der Waals surface area contributed by atoms with Crippen LogP contribution in [-0.2, 0) is 14.3 Å². The van der Waals surface area contributed by atoms with E-state index < -0.39 is 11.9 Å². The molecular formula is C11H12ClNO4. The van der Waals surface area contributed by atoms with Crippen LogP contribution < -0.4 is 4.90 Å². The van der Waals surface area contributed by atoms with Gasteiger partial charge >= 0.3 is 11.9 Å². The standard InChI is InChI=1S/C11H12ClNO4/c1-17-11(16)7-13(6-10(14)15)9-4-2-3-8(12)5-9/h2-5H,6-7H2,1H3,(H,14,15). The van der Waals surface area contributed by atoms with Crippen LogP contribution in [0.1, 0.15) is 0 Å². The Morgan fingerprint density at radius 1 is 1.41 bits per heavy atom. The lowest BCUT2D eigenvalue weighted by molar-refractivity contribution is -0.139. The van der Waals surface area contributed by atoms with Crippen molar-refractivity contribution in [1.82, 2.24) is 0 Å². The molecule has 0 amide bonds. The number of esters is 1. The van der Waals surface area contributed by atoms with Gasteiger partial charge in [0.2, 0.25) is 0 Å². The predicted octanol–water partition coefficient (Wildman–Crippen LogP) is 1.40. The normalized spacial score (nSPS) is 9.76. The van der Waals surface area contributed by atoms with E-state index in [1.807, 2.05) is 0 Å². The maximum absolute atomic E-state index is 11.2. The Labute approximate surface area is 104 Å². The molecule has 1 N–H and O–H groups in total. The van der Waals surface area contributed by atoms with Crippen molar-refractivity contribution in [3.8, 4) is 0 Å².